The second kappa shape index (κ2) is 7.12. The molecule has 126 valence electrons. The summed E-state index contributed by atoms with van der Waals surface area (Å²) in [6.45, 7) is 3.66. The molecule has 1 aromatic heterocycles. The maximum Gasteiger partial charge on any atom is 0.573 e. The molecule has 0 bridgehead atoms. The quantitative estimate of drug-likeness (QED) is 0.871. The van der Waals surface area contributed by atoms with Crippen LogP contribution in [-0.2, 0) is 23.0 Å². The molecule has 0 radical (unpaired) electrons. The molecule has 0 aliphatic carbocycles. The lowest BCUT2D eigenvalue weighted by Crippen LogP contribution is -2.17. The predicted octanol–water partition coefficient (Wildman–Crippen LogP) is 3.28. The number of benzene rings is 1. The summed E-state index contributed by atoms with van der Waals surface area (Å²) in [6, 6.07) is 5.36. The monoisotopic (exact) mass is 347 g/mol. The Bertz CT molecular complexity index is 671. The van der Waals surface area contributed by atoms with Crippen LogP contribution in [0.3, 0.4) is 0 Å². The molecule has 0 amide bonds. The Morgan fingerprint density at radius 2 is 1.96 bits per heavy atom. The van der Waals surface area contributed by atoms with Gasteiger partial charge in [-0.1, -0.05) is 19.1 Å². The van der Waals surface area contributed by atoms with Crippen molar-refractivity contribution in [2.75, 3.05) is 0 Å². The van der Waals surface area contributed by atoms with E-state index < -0.39 is 17.2 Å². The first kappa shape index (κ1) is 17.5. The molecule has 1 aromatic carbocycles. The summed E-state index contributed by atoms with van der Waals surface area (Å²) in [5.41, 5.74) is 0.660. The Morgan fingerprint density at radius 3 is 2.48 bits per heavy atom. The fraction of sp³-hybridized carbons (Fsp3) is 0.429. The highest BCUT2D eigenvalue weighted by molar-refractivity contribution is 7.84. The lowest BCUT2D eigenvalue weighted by molar-refractivity contribution is -0.274. The molecular formula is C14H16F3N3O2S. The predicted molar refractivity (Wildman–Crippen MR) is 79.1 cm³/mol. The highest BCUT2D eigenvalue weighted by atomic mass is 32.2. The number of nitrogens with zero attached hydrogens (tertiary/aromatic N) is 2. The Hall–Kier alpha value is -1.90. The van der Waals surface area contributed by atoms with E-state index in [0.29, 0.717) is 23.6 Å². The Morgan fingerprint density at radius 1 is 1.30 bits per heavy atom. The topological polar surface area (TPSA) is 67.9 Å². The number of rotatable bonds is 6. The number of hydrogen-bond donors (Lipinski definition) is 1. The van der Waals surface area contributed by atoms with Gasteiger partial charge in [-0.15, -0.1) is 13.2 Å². The molecule has 9 heteroatoms. The summed E-state index contributed by atoms with van der Waals surface area (Å²) >= 11 is 0. The smallest absolute Gasteiger partial charge is 0.406 e. The molecule has 0 aliphatic heterocycles. The fourth-order valence-corrected chi connectivity index (χ4v) is 3.02. The summed E-state index contributed by atoms with van der Waals surface area (Å²) in [4.78, 5) is 4.19. The van der Waals surface area contributed by atoms with Crippen molar-refractivity contribution in [2.45, 2.75) is 37.6 Å². The van der Waals surface area contributed by atoms with E-state index in [9.17, 15) is 17.4 Å². The molecule has 0 aliphatic rings. The molecule has 2 aromatic rings. The van der Waals surface area contributed by atoms with E-state index in [0.717, 1.165) is 0 Å². The van der Waals surface area contributed by atoms with Gasteiger partial charge < -0.3 is 4.74 Å². The first-order chi connectivity index (χ1) is 10.8. The van der Waals surface area contributed by atoms with Crippen LogP contribution >= 0.6 is 0 Å². The molecule has 2 rings (SSSR count). The van der Waals surface area contributed by atoms with Crippen LogP contribution in [0, 0.1) is 0 Å². The van der Waals surface area contributed by atoms with Gasteiger partial charge in [-0.2, -0.15) is 5.10 Å². The molecule has 1 heterocycles. The van der Waals surface area contributed by atoms with E-state index in [-0.39, 0.29) is 16.8 Å². The minimum Gasteiger partial charge on any atom is -0.406 e. The van der Waals surface area contributed by atoms with Crippen molar-refractivity contribution >= 4 is 10.8 Å². The zero-order valence-electron chi connectivity index (χ0n) is 12.6. The van der Waals surface area contributed by atoms with E-state index in [1.54, 1.807) is 6.92 Å². The number of aromatic nitrogens is 3. The van der Waals surface area contributed by atoms with Crippen LogP contribution < -0.4 is 4.74 Å². The highest BCUT2D eigenvalue weighted by Crippen LogP contribution is 2.26. The Labute approximate surface area is 133 Å². The largest absolute Gasteiger partial charge is 0.573 e. The average Bonchev–Trinajstić information content (AvgIpc) is 2.93. The molecule has 5 nitrogen and oxygen atoms in total. The maximum absolute atomic E-state index is 12.3. The number of nitrogens with one attached hydrogen (secondary N) is 1. The van der Waals surface area contributed by atoms with Crippen molar-refractivity contribution in [1.29, 1.82) is 0 Å². The summed E-state index contributed by atoms with van der Waals surface area (Å²) in [7, 11) is -1.28. The van der Waals surface area contributed by atoms with Gasteiger partial charge in [-0.25, -0.2) is 4.98 Å². The SMILES string of the molecule is CCc1n[nH]c(C[S@@](=O)[C@H](C)c2ccc(OC(F)(F)F)cc2)n1. The van der Waals surface area contributed by atoms with Crippen LogP contribution in [0.2, 0.25) is 0 Å². The molecule has 23 heavy (non-hydrogen) atoms. The molecule has 2 atom stereocenters. The fourth-order valence-electron chi connectivity index (χ4n) is 1.91. The number of alkyl halides is 3. The molecule has 0 unspecified atom stereocenters. The minimum absolute atomic E-state index is 0.203. The van der Waals surface area contributed by atoms with Gasteiger partial charge in [0.2, 0.25) is 0 Å². The van der Waals surface area contributed by atoms with Crippen LogP contribution in [0.25, 0.3) is 0 Å². The zero-order chi connectivity index (χ0) is 17.0. The van der Waals surface area contributed by atoms with E-state index in [2.05, 4.69) is 19.9 Å². The molecule has 0 spiro atoms. The Balaban J connectivity index is 2.01. The zero-order valence-corrected chi connectivity index (χ0v) is 13.4. The summed E-state index contributed by atoms with van der Waals surface area (Å²) in [5, 5.41) is 6.35. The second-order valence-electron chi connectivity index (χ2n) is 4.84. The van der Waals surface area contributed by atoms with E-state index in [4.69, 9.17) is 0 Å². The minimum atomic E-state index is -4.72. The lowest BCUT2D eigenvalue weighted by Gasteiger charge is -2.13. The number of aromatic amines is 1. The summed E-state index contributed by atoms with van der Waals surface area (Å²) in [5.74, 6) is 1.08. The lowest BCUT2D eigenvalue weighted by atomic mass is 10.2. The normalized spacial score (nSPS) is 14.5. The number of H-pyrrole nitrogens is 1. The summed E-state index contributed by atoms with van der Waals surface area (Å²) < 4.78 is 52.5. The molecule has 0 saturated carbocycles. The molecule has 0 fully saturated rings. The number of halogens is 3. The van der Waals surface area contributed by atoms with Crippen molar-refractivity contribution < 1.29 is 22.1 Å². The van der Waals surface area contributed by atoms with Gasteiger partial charge >= 0.3 is 6.36 Å². The van der Waals surface area contributed by atoms with Crippen LogP contribution in [0.15, 0.2) is 24.3 Å². The second-order valence-corrected chi connectivity index (χ2v) is 6.59. The van der Waals surface area contributed by atoms with Crippen LogP contribution in [0.5, 0.6) is 5.75 Å². The first-order valence-corrected chi connectivity index (χ1v) is 8.29. The van der Waals surface area contributed by atoms with Crippen molar-refractivity contribution in [3.8, 4) is 5.75 Å². The van der Waals surface area contributed by atoms with Gasteiger partial charge in [0.05, 0.1) is 11.0 Å². The third-order valence-electron chi connectivity index (χ3n) is 3.15. The number of aryl methyl sites for hydroxylation is 1. The van der Waals surface area contributed by atoms with Crippen molar-refractivity contribution in [3.63, 3.8) is 0 Å². The number of hydrogen-bond acceptors (Lipinski definition) is 4. The van der Waals surface area contributed by atoms with E-state index >= 15 is 0 Å². The summed E-state index contributed by atoms with van der Waals surface area (Å²) in [6.07, 6.45) is -4.04. The molecule has 1 N–H and O–H groups in total. The van der Waals surface area contributed by atoms with Crippen molar-refractivity contribution in [3.05, 3.63) is 41.5 Å². The van der Waals surface area contributed by atoms with Crippen LogP contribution in [-0.4, -0.2) is 25.8 Å². The van der Waals surface area contributed by atoms with E-state index in [1.807, 2.05) is 6.92 Å². The first-order valence-electron chi connectivity index (χ1n) is 6.91. The van der Waals surface area contributed by atoms with Gasteiger partial charge in [-0.05, 0) is 24.6 Å². The maximum atomic E-state index is 12.3. The van der Waals surface area contributed by atoms with Gasteiger partial charge in [0.15, 0.2) is 0 Å². The van der Waals surface area contributed by atoms with Crippen LogP contribution in [0.1, 0.15) is 36.3 Å². The Kier molecular flexibility index (Phi) is 5.40. The average molecular weight is 347 g/mol. The van der Waals surface area contributed by atoms with Gasteiger partial charge in [0.25, 0.3) is 0 Å². The van der Waals surface area contributed by atoms with Crippen molar-refractivity contribution in [1.82, 2.24) is 15.2 Å². The van der Waals surface area contributed by atoms with Crippen LogP contribution in [0.4, 0.5) is 13.2 Å². The third-order valence-corrected chi connectivity index (χ3v) is 4.77. The molecular weight excluding hydrogens is 331 g/mol. The van der Waals surface area contributed by atoms with E-state index in [1.165, 1.54) is 24.3 Å². The number of ether oxygens (including phenoxy) is 1. The highest BCUT2D eigenvalue weighted by Gasteiger charge is 2.31. The molecule has 0 saturated heterocycles. The van der Waals surface area contributed by atoms with Gasteiger partial charge in [0, 0.05) is 17.2 Å². The van der Waals surface area contributed by atoms with Gasteiger partial charge in [-0.3, -0.25) is 9.31 Å². The van der Waals surface area contributed by atoms with Gasteiger partial charge in [0.1, 0.15) is 17.4 Å². The third kappa shape index (κ3) is 5.05. The standard InChI is InChI=1S/C14H16F3N3O2S/c1-3-12-18-13(20-19-12)8-23(21)9(2)10-4-6-11(7-5-10)22-14(15,16)17/h4-7,9H,3,8H2,1-2H3,(H,18,19,20)/t9-,23-/m1/s1. The van der Waals surface area contributed by atoms with Crippen molar-refractivity contribution in [2.24, 2.45) is 0 Å².